The molecule has 1 heterocycles. The van der Waals surface area contributed by atoms with Crippen LogP contribution in [0.4, 0.5) is 5.82 Å². The Bertz CT molecular complexity index is 457. The Morgan fingerprint density at radius 1 is 1.35 bits per heavy atom. The third-order valence-electron chi connectivity index (χ3n) is 3.18. The average Bonchev–Trinajstić information content (AvgIpc) is 2.42. The van der Waals surface area contributed by atoms with Gasteiger partial charge in [-0.05, 0) is 38.3 Å². The van der Waals surface area contributed by atoms with Crippen LogP contribution in [0.25, 0.3) is 0 Å². The zero-order chi connectivity index (χ0) is 15.3. The monoisotopic (exact) mass is 278 g/mol. The molecule has 5 heteroatoms. The first kappa shape index (κ1) is 16.4. The molecule has 0 atom stereocenters. The standard InChI is InChI=1S/C15H26N4O/c1-6-7-19(11(4)5)15(20)12-8-13(10(2)3)17-14(9-12)18-16/h8-11H,6-7,16H2,1-5H3,(H,17,18). The maximum absolute atomic E-state index is 12.6. The van der Waals surface area contributed by atoms with Crippen LogP contribution >= 0.6 is 0 Å². The highest BCUT2D eigenvalue weighted by Gasteiger charge is 2.19. The summed E-state index contributed by atoms with van der Waals surface area (Å²) in [5.74, 6) is 6.25. The van der Waals surface area contributed by atoms with Gasteiger partial charge in [0.1, 0.15) is 5.82 Å². The van der Waals surface area contributed by atoms with Crippen molar-refractivity contribution in [1.82, 2.24) is 9.88 Å². The van der Waals surface area contributed by atoms with E-state index in [4.69, 9.17) is 5.84 Å². The number of anilines is 1. The number of nitrogens with two attached hydrogens (primary N) is 1. The van der Waals surface area contributed by atoms with Crippen molar-refractivity contribution in [1.29, 1.82) is 0 Å². The van der Waals surface area contributed by atoms with E-state index in [1.54, 1.807) is 6.07 Å². The fraction of sp³-hybridized carbons (Fsp3) is 0.600. The van der Waals surface area contributed by atoms with Crippen LogP contribution in [0.15, 0.2) is 12.1 Å². The van der Waals surface area contributed by atoms with Crippen molar-refractivity contribution < 1.29 is 4.79 Å². The molecule has 0 bridgehead atoms. The smallest absolute Gasteiger partial charge is 0.254 e. The van der Waals surface area contributed by atoms with Crippen molar-refractivity contribution in [2.24, 2.45) is 5.84 Å². The first-order chi connectivity index (χ1) is 9.40. The first-order valence-corrected chi connectivity index (χ1v) is 7.20. The summed E-state index contributed by atoms with van der Waals surface area (Å²) in [6.07, 6.45) is 0.939. The van der Waals surface area contributed by atoms with Crippen molar-refractivity contribution in [3.05, 3.63) is 23.4 Å². The average molecular weight is 278 g/mol. The number of hydrazine groups is 1. The van der Waals surface area contributed by atoms with Crippen molar-refractivity contribution in [2.75, 3.05) is 12.0 Å². The van der Waals surface area contributed by atoms with Gasteiger partial charge < -0.3 is 10.3 Å². The minimum absolute atomic E-state index is 0.0302. The number of pyridine rings is 1. The number of nitrogens with one attached hydrogen (secondary N) is 1. The predicted molar refractivity (Wildman–Crippen MR) is 82.6 cm³/mol. The van der Waals surface area contributed by atoms with E-state index in [1.165, 1.54) is 0 Å². The summed E-state index contributed by atoms with van der Waals surface area (Å²) < 4.78 is 0. The maximum atomic E-state index is 12.6. The van der Waals surface area contributed by atoms with E-state index >= 15 is 0 Å². The third-order valence-corrected chi connectivity index (χ3v) is 3.18. The zero-order valence-corrected chi connectivity index (χ0v) is 13.1. The second-order valence-electron chi connectivity index (χ2n) is 5.56. The van der Waals surface area contributed by atoms with Gasteiger partial charge in [-0.15, -0.1) is 0 Å². The number of hydrogen-bond donors (Lipinski definition) is 2. The van der Waals surface area contributed by atoms with Gasteiger partial charge in [0.25, 0.3) is 5.91 Å². The number of aromatic nitrogens is 1. The number of carbonyl (C=O) groups excluding carboxylic acids is 1. The lowest BCUT2D eigenvalue weighted by Crippen LogP contribution is -2.37. The van der Waals surface area contributed by atoms with Gasteiger partial charge in [0, 0.05) is 23.8 Å². The van der Waals surface area contributed by atoms with E-state index in [1.807, 2.05) is 38.7 Å². The molecule has 0 aromatic carbocycles. The summed E-state index contributed by atoms with van der Waals surface area (Å²) in [6.45, 7) is 11.0. The number of hydrogen-bond acceptors (Lipinski definition) is 4. The van der Waals surface area contributed by atoms with Crippen LogP contribution in [-0.2, 0) is 0 Å². The lowest BCUT2D eigenvalue weighted by atomic mass is 10.1. The van der Waals surface area contributed by atoms with E-state index < -0.39 is 0 Å². The molecule has 0 saturated carbocycles. The molecule has 3 N–H and O–H groups in total. The van der Waals surface area contributed by atoms with Gasteiger partial charge >= 0.3 is 0 Å². The number of nitrogens with zero attached hydrogens (tertiary/aromatic N) is 2. The van der Waals surface area contributed by atoms with Crippen LogP contribution in [0.2, 0.25) is 0 Å². The summed E-state index contributed by atoms with van der Waals surface area (Å²) in [5.41, 5.74) is 4.04. The molecule has 1 rings (SSSR count). The zero-order valence-electron chi connectivity index (χ0n) is 13.1. The molecule has 0 spiro atoms. The molecule has 0 aliphatic carbocycles. The summed E-state index contributed by atoms with van der Waals surface area (Å²) >= 11 is 0. The SMILES string of the molecule is CCCN(C(=O)c1cc(NN)nc(C(C)C)c1)C(C)C. The first-order valence-electron chi connectivity index (χ1n) is 7.20. The molecular weight excluding hydrogens is 252 g/mol. The Balaban J connectivity index is 3.16. The van der Waals surface area contributed by atoms with Crippen LogP contribution in [0.1, 0.15) is 63.0 Å². The van der Waals surface area contributed by atoms with Gasteiger partial charge in [0.15, 0.2) is 0 Å². The van der Waals surface area contributed by atoms with Gasteiger partial charge in [0.05, 0.1) is 0 Å². The van der Waals surface area contributed by atoms with Crippen LogP contribution in [0.5, 0.6) is 0 Å². The topological polar surface area (TPSA) is 71.2 Å². The number of nitrogen functional groups attached to an aromatic ring is 1. The molecule has 20 heavy (non-hydrogen) atoms. The molecule has 1 aromatic heterocycles. The summed E-state index contributed by atoms with van der Waals surface area (Å²) in [5, 5.41) is 0. The third kappa shape index (κ3) is 3.93. The van der Waals surface area contributed by atoms with E-state index in [2.05, 4.69) is 17.3 Å². The van der Waals surface area contributed by atoms with Crippen LogP contribution < -0.4 is 11.3 Å². The highest BCUT2D eigenvalue weighted by molar-refractivity contribution is 5.95. The molecule has 0 radical (unpaired) electrons. The molecule has 5 nitrogen and oxygen atoms in total. The van der Waals surface area contributed by atoms with Gasteiger partial charge in [-0.1, -0.05) is 20.8 Å². The maximum Gasteiger partial charge on any atom is 0.254 e. The fourth-order valence-electron chi connectivity index (χ4n) is 2.05. The molecule has 0 aliphatic heterocycles. The van der Waals surface area contributed by atoms with E-state index in [0.29, 0.717) is 11.4 Å². The molecular formula is C15H26N4O. The largest absolute Gasteiger partial charge is 0.336 e. The van der Waals surface area contributed by atoms with Crippen LogP contribution in [0, 0.1) is 0 Å². The highest BCUT2D eigenvalue weighted by atomic mass is 16.2. The quantitative estimate of drug-likeness (QED) is 0.620. The van der Waals surface area contributed by atoms with Crippen molar-refractivity contribution in [3.63, 3.8) is 0 Å². The van der Waals surface area contributed by atoms with Gasteiger partial charge in [-0.2, -0.15) is 0 Å². The summed E-state index contributed by atoms with van der Waals surface area (Å²) in [7, 11) is 0. The minimum Gasteiger partial charge on any atom is -0.336 e. The van der Waals surface area contributed by atoms with Gasteiger partial charge in [-0.25, -0.2) is 10.8 Å². The summed E-state index contributed by atoms with van der Waals surface area (Å²) in [6, 6.07) is 3.74. The fourth-order valence-corrected chi connectivity index (χ4v) is 2.05. The number of carbonyl (C=O) groups is 1. The Kier molecular flexibility index (Phi) is 5.95. The minimum atomic E-state index is 0.0302. The Labute approximate surface area is 121 Å². The Morgan fingerprint density at radius 3 is 2.45 bits per heavy atom. The molecule has 1 aromatic rings. The second kappa shape index (κ2) is 7.24. The lowest BCUT2D eigenvalue weighted by molar-refractivity contribution is 0.0705. The Morgan fingerprint density at radius 2 is 2.00 bits per heavy atom. The van der Waals surface area contributed by atoms with Crippen molar-refractivity contribution in [2.45, 2.75) is 53.0 Å². The van der Waals surface area contributed by atoms with E-state index in [0.717, 1.165) is 18.7 Å². The molecule has 1 amide bonds. The highest BCUT2D eigenvalue weighted by Crippen LogP contribution is 2.19. The number of amides is 1. The van der Waals surface area contributed by atoms with Crippen LogP contribution in [0.3, 0.4) is 0 Å². The van der Waals surface area contributed by atoms with Crippen LogP contribution in [-0.4, -0.2) is 28.4 Å². The van der Waals surface area contributed by atoms with Crippen molar-refractivity contribution >= 4 is 11.7 Å². The predicted octanol–water partition coefficient (Wildman–Crippen LogP) is 2.75. The van der Waals surface area contributed by atoms with E-state index in [-0.39, 0.29) is 17.9 Å². The second-order valence-corrected chi connectivity index (χ2v) is 5.56. The molecule has 0 saturated heterocycles. The van der Waals surface area contributed by atoms with E-state index in [9.17, 15) is 4.79 Å². The lowest BCUT2D eigenvalue weighted by Gasteiger charge is -2.26. The van der Waals surface area contributed by atoms with Crippen molar-refractivity contribution in [3.8, 4) is 0 Å². The summed E-state index contributed by atoms with van der Waals surface area (Å²) in [4.78, 5) is 18.9. The van der Waals surface area contributed by atoms with Gasteiger partial charge in [-0.3, -0.25) is 4.79 Å². The number of rotatable bonds is 6. The molecule has 0 unspecified atom stereocenters. The molecule has 112 valence electrons. The van der Waals surface area contributed by atoms with Gasteiger partial charge in [0.2, 0.25) is 0 Å². The normalized spacial score (nSPS) is 11.0. The Hall–Kier alpha value is -1.62. The molecule has 0 aliphatic rings. The molecule has 0 fully saturated rings.